The summed E-state index contributed by atoms with van der Waals surface area (Å²) in [5.74, 6) is 0.822. The Hall–Kier alpha value is -1.48. The smallest absolute Gasteiger partial charge is 0.111 e. The number of H-pyrrole nitrogens is 1. The van der Waals surface area contributed by atoms with Gasteiger partial charge in [0.05, 0.1) is 5.69 Å². The van der Waals surface area contributed by atoms with E-state index in [2.05, 4.69) is 9.97 Å². The molecule has 0 unspecified atom stereocenters. The minimum absolute atomic E-state index is 0.555. The van der Waals surface area contributed by atoms with Gasteiger partial charge in [0.25, 0.3) is 0 Å². The first-order valence-electron chi connectivity index (χ1n) is 6.79. The summed E-state index contributed by atoms with van der Waals surface area (Å²) in [7, 11) is 0. The van der Waals surface area contributed by atoms with Crippen LogP contribution in [0.15, 0.2) is 42.5 Å². The minimum Gasteiger partial charge on any atom is -0.345 e. The molecule has 1 N–H and O–H groups in total. The Morgan fingerprint density at radius 3 is 2.36 bits per heavy atom. The van der Waals surface area contributed by atoms with Crippen LogP contribution in [0.1, 0.15) is 17.1 Å². The number of nitrogens with one attached hydrogen (secondary N) is 1. The first kappa shape index (κ1) is 15.4. The van der Waals surface area contributed by atoms with Gasteiger partial charge in [-0.3, -0.25) is 0 Å². The summed E-state index contributed by atoms with van der Waals surface area (Å²) in [6, 6.07) is 13.1. The van der Waals surface area contributed by atoms with Crippen LogP contribution in [0, 0.1) is 6.92 Å². The highest BCUT2D eigenvalue weighted by Gasteiger charge is 2.13. The molecular weight excluding hydrogens is 339 g/mol. The molecule has 0 fully saturated rings. The summed E-state index contributed by atoms with van der Waals surface area (Å²) in [6.45, 7) is 1.99. The fourth-order valence-corrected chi connectivity index (χ4v) is 3.11. The molecule has 2 aromatic carbocycles. The predicted molar refractivity (Wildman–Crippen MR) is 93.0 cm³/mol. The third-order valence-electron chi connectivity index (χ3n) is 3.44. The van der Waals surface area contributed by atoms with Gasteiger partial charge in [-0.15, -0.1) is 0 Å². The maximum atomic E-state index is 6.22. The molecule has 0 aliphatic heterocycles. The van der Waals surface area contributed by atoms with Crippen molar-refractivity contribution in [3.8, 4) is 11.3 Å². The monoisotopic (exact) mass is 350 g/mol. The van der Waals surface area contributed by atoms with Crippen LogP contribution in [0.4, 0.5) is 0 Å². The molecule has 0 saturated carbocycles. The van der Waals surface area contributed by atoms with E-state index in [0.717, 1.165) is 28.3 Å². The number of hydrogen-bond donors (Lipinski definition) is 1. The van der Waals surface area contributed by atoms with Gasteiger partial charge >= 0.3 is 0 Å². The first-order valence-corrected chi connectivity index (χ1v) is 7.92. The summed E-state index contributed by atoms with van der Waals surface area (Å²) >= 11 is 18.5. The van der Waals surface area contributed by atoms with Crippen LogP contribution in [0.2, 0.25) is 15.1 Å². The quantitative estimate of drug-likeness (QED) is 0.622. The highest BCUT2D eigenvalue weighted by atomic mass is 35.5. The predicted octanol–water partition coefficient (Wildman–Crippen LogP) is 5.94. The van der Waals surface area contributed by atoms with Gasteiger partial charge in [-0.2, -0.15) is 0 Å². The van der Waals surface area contributed by atoms with Crippen molar-refractivity contribution in [1.82, 2.24) is 9.97 Å². The molecule has 3 rings (SSSR count). The lowest BCUT2D eigenvalue weighted by Crippen LogP contribution is -1.93. The van der Waals surface area contributed by atoms with Crippen LogP contribution in [-0.2, 0) is 6.42 Å². The largest absolute Gasteiger partial charge is 0.345 e. The van der Waals surface area contributed by atoms with Gasteiger partial charge in [0, 0.05) is 32.7 Å². The Labute approximate surface area is 144 Å². The second-order valence-corrected chi connectivity index (χ2v) is 6.30. The Balaban J connectivity index is 1.96. The molecule has 0 saturated heterocycles. The molecular formula is C17H13Cl3N2. The lowest BCUT2D eigenvalue weighted by molar-refractivity contribution is 1.02. The number of imidazole rings is 1. The summed E-state index contributed by atoms with van der Waals surface area (Å²) < 4.78 is 0. The molecule has 2 nitrogen and oxygen atoms in total. The Morgan fingerprint density at radius 1 is 1.00 bits per heavy atom. The highest BCUT2D eigenvalue weighted by molar-refractivity contribution is 6.36. The zero-order chi connectivity index (χ0) is 15.7. The number of hydrogen-bond acceptors (Lipinski definition) is 1. The molecule has 1 heterocycles. The van der Waals surface area contributed by atoms with Gasteiger partial charge in [-0.05, 0) is 36.8 Å². The van der Waals surface area contributed by atoms with Gasteiger partial charge < -0.3 is 4.98 Å². The minimum atomic E-state index is 0.555. The topological polar surface area (TPSA) is 28.7 Å². The van der Waals surface area contributed by atoms with E-state index in [9.17, 15) is 0 Å². The third kappa shape index (κ3) is 3.14. The van der Waals surface area contributed by atoms with E-state index in [0.29, 0.717) is 21.5 Å². The van der Waals surface area contributed by atoms with Gasteiger partial charge in [0.15, 0.2) is 0 Å². The normalized spacial score (nSPS) is 10.9. The Morgan fingerprint density at radius 2 is 1.68 bits per heavy atom. The van der Waals surface area contributed by atoms with Crippen molar-refractivity contribution in [2.75, 3.05) is 0 Å². The summed E-state index contributed by atoms with van der Waals surface area (Å²) in [6.07, 6.45) is 0.555. The summed E-state index contributed by atoms with van der Waals surface area (Å²) in [5.41, 5.74) is 3.73. The van der Waals surface area contributed by atoms with E-state index in [1.165, 1.54) is 0 Å². The number of nitrogens with zero attached hydrogens (tertiary/aromatic N) is 1. The van der Waals surface area contributed by atoms with Gasteiger partial charge in [-0.25, -0.2) is 4.98 Å². The van der Waals surface area contributed by atoms with Crippen LogP contribution in [0.25, 0.3) is 11.3 Å². The lowest BCUT2D eigenvalue weighted by atomic mass is 10.1. The highest BCUT2D eigenvalue weighted by Crippen LogP contribution is 2.28. The van der Waals surface area contributed by atoms with Crippen molar-refractivity contribution >= 4 is 34.8 Å². The number of benzene rings is 2. The standard InChI is InChI=1S/C17H13Cl3N2/c1-10-17(11-4-2-5-12(18)8-11)22-16(21-10)9-13-14(19)6-3-7-15(13)20/h2-8H,9H2,1H3,(H,21,22). The Bertz CT molecular complexity index is 804. The molecule has 0 spiro atoms. The van der Waals surface area contributed by atoms with Crippen LogP contribution in [0.5, 0.6) is 0 Å². The van der Waals surface area contributed by atoms with Gasteiger partial charge in [-0.1, -0.05) is 53.0 Å². The van der Waals surface area contributed by atoms with Gasteiger partial charge in [0.1, 0.15) is 5.82 Å². The molecule has 0 atom stereocenters. The number of aryl methyl sites for hydroxylation is 1. The average molecular weight is 352 g/mol. The molecule has 1 aromatic heterocycles. The molecule has 0 aliphatic carbocycles. The zero-order valence-corrected chi connectivity index (χ0v) is 14.1. The van der Waals surface area contributed by atoms with E-state index in [-0.39, 0.29) is 0 Å². The molecule has 5 heteroatoms. The fraction of sp³-hybridized carbons (Fsp3) is 0.118. The Kier molecular flexibility index (Phi) is 4.44. The van der Waals surface area contributed by atoms with Crippen molar-refractivity contribution in [1.29, 1.82) is 0 Å². The lowest BCUT2D eigenvalue weighted by Gasteiger charge is -2.04. The number of aromatic nitrogens is 2. The summed E-state index contributed by atoms with van der Waals surface area (Å²) in [4.78, 5) is 7.96. The van der Waals surface area contributed by atoms with Crippen molar-refractivity contribution in [3.63, 3.8) is 0 Å². The van der Waals surface area contributed by atoms with Crippen molar-refractivity contribution in [2.45, 2.75) is 13.3 Å². The van der Waals surface area contributed by atoms with Crippen molar-refractivity contribution < 1.29 is 0 Å². The number of aromatic amines is 1. The van der Waals surface area contributed by atoms with Crippen molar-refractivity contribution in [2.24, 2.45) is 0 Å². The van der Waals surface area contributed by atoms with E-state index < -0.39 is 0 Å². The molecule has 112 valence electrons. The third-order valence-corrected chi connectivity index (χ3v) is 4.38. The SMILES string of the molecule is Cc1[nH]c(Cc2c(Cl)cccc2Cl)nc1-c1cccc(Cl)c1. The fourth-order valence-electron chi connectivity index (χ4n) is 2.39. The molecule has 0 amide bonds. The maximum absolute atomic E-state index is 6.22. The van der Waals surface area contributed by atoms with Crippen molar-refractivity contribution in [3.05, 3.63) is 74.6 Å². The van der Waals surface area contributed by atoms with Crippen LogP contribution >= 0.6 is 34.8 Å². The van der Waals surface area contributed by atoms with E-state index in [1.54, 1.807) is 0 Å². The second-order valence-electron chi connectivity index (χ2n) is 5.04. The van der Waals surface area contributed by atoms with Gasteiger partial charge in [0.2, 0.25) is 0 Å². The first-order chi connectivity index (χ1) is 10.5. The summed E-state index contributed by atoms with van der Waals surface area (Å²) in [5, 5.41) is 1.98. The van der Waals surface area contributed by atoms with Crippen LogP contribution < -0.4 is 0 Å². The number of halogens is 3. The molecule has 22 heavy (non-hydrogen) atoms. The molecule has 0 aliphatic rings. The van der Waals surface area contributed by atoms with E-state index >= 15 is 0 Å². The zero-order valence-electron chi connectivity index (χ0n) is 11.8. The average Bonchev–Trinajstić information content (AvgIpc) is 2.84. The van der Waals surface area contributed by atoms with E-state index in [1.807, 2.05) is 49.4 Å². The molecule has 3 aromatic rings. The molecule has 0 bridgehead atoms. The number of rotatable bonds is 3. The van der Waals surface area contributed by atoms with E-state index in [4.69, 9.17) is 34.8 Å². The van der Waals surface area contributed by atoms with Crippen LogP contribution in [0.3, 0.4) is 0 Å². The second kappa shape index (κ2) is 6.33. The maximum Gasteiger partial charge on any atom is 0.111 e. The van der Waals surface area contributed by atoms with Crippen LogP contribution in [-0.4, -0.2) is 9.97 Å². The molecule has 0 radical (unpaired) electrons.